The number of epoxide rings is 2. The third kappa shape index (κ3) is 21.5. The number of fused-ring (bicyclic) bond motifs is 2. The summed E-state index contributed by atoms with van der Waals surface area (Å²) in [6.45, 7) is 40.4. The molecule has 464 valence electrons. The van der Waals surface area contributed by atoms with Crippen molar-refractivity contribution in [3.8, 4) is 0 Å². The fourth-order valence-electron chi connectivity index (χ4n) is 12.4. The van der Waals surface area contributed by atoms with Crippen LogP contribution in [0.1, 0.15) is 176 Å². The highest BCUT2D eigenvalue weighted by Gasteiger charge is 2.75. The lowest BCUT2D eigenvalue weighted by atomic mass is 9.63. The first kappa shape index (κ1) is 72.1. The summed E-state index contributed by atoms with van der Waals surface area (Å²) in [6, 6.07) is 0. The van der Waals surface area contributed by atoms with Gasteiger partial charge in [-0.15, -0.1) is 0 Å². The average molecular weight is 1170 g/mol. The minimum atomic E-state index is -0.902. The molecule has 0 aromatic heterocycles. The van der Waals surface area contributed by atoms with Crippen molar-refractivity contribution in [2.24, 2.45) is 16.2 Å². The van der Waals surface area contributed by atoms with Crippen molar-refractivity contribution >= 4 is 5.97 Å². The molecule has 2 aliphatic heterocycles. The van der Waals surface area contributed by atoms with Crippen LogP contribution in [0.2, 0.25) is 0 Å². The second-order valence-electron chi connectivity index (χ2n) is 27.2. The molecule has 4 fully saturated rings. The second kappa shape index (κ2) is 32.0. The van der Waals surface area contributed by atoms with Gasteiger partial charge in [-0.3, -0.25) is 0 Å². The molecule has 0 bridgehead atoms. The number of aliphatic carboxylic acids is 1. The monoisotopic (exact) mass is 1160 g/mol. The van der Waals surface area contributed by atoms with Gasteiger partial charge in [-0.2, -0.15) is 0 Å². The first-order valence-corrected chi connectivity index (χ1v) is 31.1. The lowest BCUT2D eigenvalue weighted by Gasteiger charge is -2.39. The van der Waals surface area contributed by atoms with Gasteiger partial charge in [-0.05, 0) is 145 Å². The molecule has 5 aliphatic rings. The molecule has 2 saturated carbocycles. The molecule has 5 rings (SSSR count). The highest BCUT2D eigenvalue weighted by molar-refractivity contribution is 5.86. The normalized spacial score (nSPS) is 29.3. The molecule has 0 spiro atoms. The number of allylic oxidation sites excluding steroid dienone is 41. The zero-order valence-corrected chi connectivity index (χ0v) is 56.1. The number of ether oxygens (including phenoxy) is 2. The Bertz CT molecular complexity index is 3020. The van der Waals surface area contributed by atoms with E-state index in [1.807, 2.05) is 31.2 Å². The first-order chi connectivity index (χ1) is 40.2. The summed E-state index contributed by atoms with van der Waals surface area (Å²) < 4.78 is 12.5. The van der Waals surface area contributed by atoms with Crippen LogP contribution in [0.15, 0.2) is 261 Å². The highest BCUT2D eigenvalue weighted by Crippen LogP contribution is 2.67. The van der Waals surface area contributed by atoms with Crippen molar-refractivity contribution < 1.29 is 29.6 Å². The number of rotatable bonds is 23. The maximum atomic E-state index is 10.8. The number of carboxylic acid groups (broad SMARTS) is 1. The minimum Gasteiger partial charge on any atom is -0.478 e. The van der Waals surface area contributed by atoms with Gasteiger partial charge < -0.3 is 24.8 Å². The van der Waals surface area contributed by atoms with Crippen LogP contribution >= 0.6 is 0 Å². The number of carboxylic acids is 1. The molecule has 0 unspecified atom stereocenters. The molecule has 6 heteroatoms. The maximum Gasteiger partial charge on any atom is 0.331 e. The van der Waals surface area contributed by atoms with Crippen LogP contribution < -0.4 is 0 Å². The smallest absolute Gasteiger partial charge is 0.331 e. The number of carbonyl (C=O) groups is 1. The lowest BCUT2D eigenvalue weighted by Crippen LogP contribution is -2.46. The molecule has 3 N–H and O–H groups in total. The van der Waals surface area contributed by atoms with E-state index in [-0.39, 0.29) is 50.9 Å². The summed E-state index contributed by atoms with van der Waals surface area (Å²) >= 11 is 0. The Labute approximate surface area is 521 Å². The first-order valence-electron chi connectivity index (χ1n) is 31.1. The van der Waals surface area contributed by atoms with Crippen LogP contribution in [0.4, 0.5) is 0 Å². The van der Waals surface area contributed by atoms with Gasteiger partial charge in [0.15, 0.2) is 0 Å². The van der Waals surface area contributed by atoms with Gasteiger partial charge in [0.25, 0.3) is 0 Å². The van der Waals surface area contributed by atoms with Gasteiger partial charge in [-0.25, -0.2) is 4.79 Å². The molecule has 0 aromatic carbocycles. The zero-order chi connectivity index (χ0) is 64.2. The maximum absolute atomic E-state index is 10.8. The molecule has 0 aromatic rings. The summed E-state index contributed by atoms with van der Waals surface area (Å²) in [6.07, 6.45) is 72.6. The number of hydrogen-bond donors (Lipinski definition) is 3. The summed E-state index contributed by atoms with van der Waals surface area (Å²) in [4.78, 5) is 10.8. The third-order valence-corrected chi connectivity index (χ3v) is 17.5. The Morgan fingerprint density at radius 1 is 0.419 bits per heavy atom. The van der Waals surface area contributed by atoms with Crippen molar-refractivity contribution in [2.75, 3.05) is 0 Å². The molecule has 3 aliphatic carbocycles. The predicted molar refractivity (Wildman–Crippen MR) is 369 cm³/mol. The predicted octanol–water partition coefficient (Wildman–Crippen LogP) is 20.6. The number of aliphatic hydroxyl groups is 2. The fraction of sp³-hybridized carbons (Fsp3) is 0.438. The third-order valence-electron chi connectivity index (χ3n) is 17.5. The quantitative estimate of drug-likeness (QED) is 0.0535. The molecule has 0 radical (unpaired) electrons. The van der Waals surface area contributed by atoms with Gasteiger partial charge in [-0.1, -0.05) is 280 Å². The fourth-order valence-corrected chi connectivity index (χ4v) is 12.4. The van der Waals surface area contributed by atoms with Gasteiger partial charge >= 0.3 is 5.97 Å². The summed E-state index contributed by atoms with van der Waals surface area (Å²) in [5.74, 6) is -0.902. The molecular formula is C80H108O6. The molecule has 0 amide bonds. The van der Waals surface area contributed by atoms with E-state index in [1.54, 1.807) is 19.1 Å². The molecule has 6 nitrogen and oxygen atoms in total. The van der Waals surface area contributed by atoms with Crippen LogP contribution in [0.25, 0.3) is 0 Å². The molecule has 2 saturated heterocycles. The van der Waals surface area contributed by atoms with Crippen LogP contribution in [-0.4, -0.2) is 55.9 Å². The van der Waals surface area contributed by atoms with E-state index >= 15 is 0 Å². The van der Waals surface area contributed by atoms with E-state index in [9.17, 15) is 15.0 Å². The van der Waals surface area contributed by atoms with Gasteiger partial charge in [0.1, 0.15) is 22.4 Å². The van der Waals surface area contributed by atoms with E-state index in [0.717, 1.165) is 24.0 Å². The molecule has 6 atom stereocenters. The summed E-state index contributed by atoms with van der Waals surface area (Å²) in [5.41, 5.74) is 12.8. The Balaban J connectivity index is 0.000000369. The lowest BCUT2D eigenvalue weighted by molar-refractivity contribution is -0.132. The van der Waals surface area contributed by atoms with E-state index < -0.39 is 5.97 Å². The standard InChI is InChI=1S/C40H56O4.C40H52O2/c1-29(17-13-19-31(3)21-23-39-35(5,6)25-33(41)27-37(39,9)43-39)15-11-12-16-30(2)18-14-20-32(4)22-24-40-36(7,8)26-34(42)28-38(40,10)44-40;1-31(19-12-21-33(3)22-13-23-34(4)25-15-26-37(7)39(41)42)17-10-11-18-32(2)20-14-24-35(5)28-29-38-36(6)27-16-30-40(38,8)9/h11-24,33-34,41-42H,25-28H2,1-10H3;10-15,17-26,28-29H,16,27,30H2,1-9H3,(H,41,42)/b12-11+,17-13+,18-14+,23-21+,24-22+,29-15+,30-16+,31-19+,32-20+;11-10+,19-12+,20-14+,22-13+,25-15+,29-28+,31-17+,32-18+,33-21+,34-23+,35-24+,37-26+/t33-,34-,37+,38+,39-,40-;/m0./s1. The zero-order valence-electron chi connectivity index (χ0n) is 56.1. The minimum absolute atomic E-state index is 0.0969. The topological polar surface area (TPSA) is 103 Å². The Kier molecular flexibility index (Phi) is 26.8. The Hall–Kier alpha value is -6.41. The largest absolute Gasteiger partial charge is 0.478 e. The molecule has 86 heavy (non-hydrogen) atoms. The number of hydrogen-bond acceptors (Lipinski definition) is 5. The van der Waals surface area contributed by atoms with E-state index in [1.165, 1.54) is 69.4 Å². The van der Waals surface area contributed by atoms with Crippen LogP contribution in [0.3, 0.4) is 0 Å². The SMILES string of the molecule is CC(/C=C/C=C(C)/C=C/[C@@]12O[C@]1(C)C[C@@H](O)CC2(C)C)=C\C=C\C=C(C)\C=C\C=C(C)\C=C\[C@@]12O[C@]1(C)C[C@@H](O)CC2(C)C.CC1=C(/C=C/C(C)=C/C=C/C(C)=C/C=C/C=C(C)/C=C/C=C(C)/C=C/C=C(C)/C=C/C=C(\C)C(=O)O)C(C)(C)CCC1. The summed E-state index contributed by atoms with van der Waals surface area (Å²) in [5, 5.41) is 29.4. The van der Waals surface area contributed by atoms with Crippen LogP contribution in [0.5, 0.6) is 0 Å². The van der Waals surface area contributed by atoms with Crippen molar-refractivity contribution in [1.29, 1.82) is 0 Å². The second-order valence-corrected chi connectivity index (χ2v) is 27.2. The van der Waals surface area contributed by atoms with Crippen molar-refractivity contribution in [1.82, 2.24) is 0 Å². The van der Waals surface area contributed by atoms with Gasteiger partial charge in [0.05, 0.1) is 12.2 Å². The molecular weight excluding hydrogens is 1060 g/mol. The Morgan fingerprint density at radius 3 is 1.01 bits per heavy atom. The van der Waals surface area contributed by atoms with Crippen LogP contribution in [-0.2, 0) is 14.3 Å². The summed E-state index contributed by atoms with van der Waals surface area (Å²) in [7, 11) is 0. The van der Waals surface area contributed by atoms with E-state index in [4.69, 9.17) is 14.6 Å². The van der Waals surface area contributed by atoms with Crippen molar-refractivity contribution in [2.45, 2.75) is 211 Å². The highest BCUT2D eigenvalue weighted by atomic mass is 16.6. The number of aliphatic hydroxyl groups excluding tert-OH is 2. The van der Waals surface area contributed by atoms with Crippen LogP contribution in [0, 0.1) is 16.2 Å². The van der Waals surface area contributed by atoms with Crippen molar-refractivity contribution in [3.63, 3.8) is 0 Å². The van der Waals surface area contributed by atoms with Crippen molar-refractivity contribution in [3.05, 3.63) is 261 Å². The van der Waals surface area contributed by atoms with E-state index in [2.05, 4.69) is 276 Å². The Morgan fingerprint density at radius 2 is 0.709 bits per heavy atom. The van der Waals surface area contributed by atoms with Gasteiger partial charge in [0.2, 0.25) is 0 Å². The van der Waals surface area contributed by atoms with Gasteiger partial charge in [0, 0.05) is 29.2 Å². The van der Waals surface area contributed by atoms with E-state index in [0.29, 0.717) is 18.4 Å². The molecule has 2 heterocycles. The average Bonchev–Trinajstić information content (AvgIpc) is 1.53.